The molecule has 0 aliphatic rings. The molecule has 0 aliphatic heterocycles. The van der Waals surface area contributed by atoms with Crippen molar-refractivity contribution in [3.8, 4) is 11.5 Å². The van der Waals surface area contributed by atoms with Gasteiger partial charge in [0.15, 0.2) is 11.5 Å². The highest BCUT2D eigenvalue weighted by atomic mass is 16.3. The standard InChI is InChI=1S/C16H13N5O2/c1-21-14-7-11(5-4-10(14)9-17-21)18-16(22)13-8-12(19-20-13)15-3-2-6-23-15/h2-9H,1H3,(H,18,22)(H,19,20). The third-order valence-electron chi connectivity index (χ3n) is 3.60. The molecule has 0 saturated heterocycles. The van der Waals surface area contributed by atoms with Gasteiger partial charge in [-0.15, -0.1) is 0 Å². The first-order valence-electron chi connectivity index (χ1n) is 7.03. The summed E-state index contributed by atoms with van der Waals surface area (Å²) < 4.78 is 7.03. The van der Waals surface area contributed by atoms with Gasteiger partial charge in [-0.1, -0.05) is 0 Å². The second kappa shape index (κ2) is 5.13. The summed E-state index contributed by atoms with van der Waals surface area (Å²) in [4.78, 5) is 12.3. The van der Waals surface area contributed by atoms with Gasteiger partial charge in [-0.05, 0) is 30.3 Å². The van der Waals surface area contributed by atoms with E-state index in [1.165, 1.54) is 0 Å². The van der Waals surface area contributed by atoms with Crippen LogP contribution in [0.25, 0.3) is 22.4 Å². The Morgan fingerprint density at radius 2 is 2.22 bits per heavy atom. The SMILES string of the molecule is Cn1ncc2ccc(NC(=O)c3cc(-c4ccco4)[nH]n3)cc21. The molecular weight excluding hydrogens is 294 g/mol. The van der Waals surface area contributed by atoms with Gasteiger partial charge in [0, 0.05) is 24.2 Å². The summed E-state index contributed by atoms with van der Waals surface area (Å²) in [6.45, 7) is 0. The molecule has 4 rings (SSSR count). The maximum absolute atomic E-state index is 12.3. The van der Waals surface area contributed by atoms with Crippen molar-refractivity contribution in [3.05, 3.63) is 54.6 Å². The Morgan fingerprint density at radius 3 is 3.04 bits per heavy atom. The number of carbonyl (C=O) groups excluding carboxylic acids is 1. The molecule has 7 nitrogen and oxygen atoms in total. The molecule has 0 unspecified atom stereocenters. The molecular formula is C16H13N5O2. The summed E-state index contributed by atoms with van der Waals surface area (Å²) in [5, 5.41) is 14.8. The highest BCUT2D eigenvalue weighted by Crippen LogP contribution is 2.20. The van der Waals surface area contributed by atoms with Crippen LogP contribution in [0.5, 0.6) is 0 Å². The van der Waals surface area contributed by atoms with E-state index in [0.29, 0.717) is 22.8 Å². The predicted molar refractivity (Wildman–Crippen MR) is 85.0 cm³/mol. The molecule has 1 aromatic carbocycles. The van der Waals surface area contributed by atoms with Crippen molar-refractivity contribution in [3.63, 3.8) is 0 Å². The van der Waals surface area contributed by atoms with Gasteiger partial charge in [-0.25, -0.2) is 0 Å². The zero-order valence-corrected chi connectivity index (χ0v) is 12.3. The number of nitrogens with zero attached hydrogens (tertiary/aromatic N) is 3. The maximum Gasteiger partial charge on any atom is 0.276 e. The number of aromatic amines is 1. The lowest BCUT2D eigenvalue weighted by atomic mass is 10.2. The Balaban J connectivity index is 1.58. The van der Waals surface area contributed by atoms with Crippen molar-refractivity contribution < 1.29 is 9.21 Å². The van der Waals surface area contributed by atoms with Crippen molar-refractivity contribution in [1.82, 2.24) is 20.0 Å². The number of aryl methyl sites for hydroxylation is 1. The average Bonchev–Trinajstić information content (AvgIpc) is 3.27. The van der Waals surface area contributed by atoms with Crippen LogP contribution in [0.3, 0.4) is 0 Å². The van der Waals surface area contributed by atoms with Gasteiger partial charge >= 0.3 is 0 Å². The summed E-state index contributed by atoms with van der Waals surface area (Å²) in [5.74, 6) is 0.341. The fourth-order valence-electron chi connectivity index (χ4n) is 2.41. The molecule has 23 heavy (non-hydrogen) atoms. The molecule has 2 N–H and O–H groups in total. The van der Waals surface area contributed by atoms with Gasteiger partial charge in [-0.2, -0.15) is 10.2 Å². The van der Waals surface area contributed by atoms with Crippen LogP contribution in [0.2, 0.25) is 0 Å². The van der Waals surface area contributed by atoms with E-state index in [1.54, 1.807) is 35.3 Å². The Morgan fingerprint density at radius 1 is 1.30 bits per heavy atom. The summed E-state index contributed by atoms with van der Waals surface area (Å²) in [5.41, 5.74) is 2.58. The number of anilines is 1. The number of aromatic nitrogens is 4. The van der Waals surface area contributed by atoms with E-state index in [0.717, 1.165) is 10.9 Å². The normalized spacial score (nSPS) is 11.0. The highest BCUT2D eigenvalue weighted by molar-refractivity contribution is 6.04. The monoisotopic (exact) mass is 307 g/mol. The average molecular weight is 307 g/mol. The molecule has 3 aromatic heterocycles. The summed E-state index contributed by atoms with van der Waals surface area (Å²) in [6.07, 6.45) is 3.35. The second-order valence-corrected chi connectivity index (χ2v) is 5.14. The van der Waals surface area contributed by atoms with Gasteiger partial charge < -0.3 is 9.73 Å². The number of amides is 1. The fourth-order valence-corrected chi connectivity index (χ4v) is 2.41. The number of hydrogen-bond donors (Lipinski definition) is 2. The van der Waals surface area contributed by atoms with Gasteiger partial charge in [0.05, 0.1) is 18.0 Å². The van der Waals surface area contributed by atoms with E-state index in [1.807, 2.05) is 25.2 Å². The lowest BCUT2D eigenvalue weighted by Gasteiger charge is -2.03. The number of benzene rings is 1. The molecule has 114 valence electrons. The maximum atomic E-state index is 12.3. The predicted octanol–water partition coefficient (Wildman–Crippen LogP) is 2.81. The fraction of sp³-hybridized carbons (Fsp3) is 0.0625. The smallest absolute Gasteiger partial charge is 0.276 e. The van der Waals surface area contributed by atoms with Crippen LogP contribution >= 0.6 is 0 Å². The summed E-state index contributed by atoms with van der Waals surface area (Å²) >= 11 is 0. The zero-order chi connectivity index (χ0) is 15.8. The quantitative estimate of drug-likeness (QED) is 0.609. The van der Waals surface area contributed by atoms with Gasteiger partial charge in [-0.3, -0.25) is 14.6 Å². The minimum Gasteiger partial charge on any atom is -0.463 e. The third kappa shape index (κ3) is 2.38. The van der Waals surface area contributed by atoms with Crippen LogP contribution in [0, 0.1) is 0 Å². The van der Waals surface area contributed by atoms with Crippen LogP contribution in [-0.4, -0.2) is 25.9 Å². The lowest BCUT2D eigenvalue weighted by molar-refractivity contribution is 0.102. The van der Waals surface area contributed by atoms with Crippen LogP contribution in [0.4, 0.5) is 5.69 Å². The molecule has 0 radical (unpaired) electrons. The molecule has 0 atom stereocenters. The molecule has 0 bridgehead atoms. The Hall–Kier alpha value is -3.35. The molecule has 0 spiro atoms. The first-order valence-corrected chi connectivity index (χ1v) is 7.03. The second-order valence-electron chi connectivity index (χ2n) is 5.14. The van der Waals surface area contributed by atoms with Crippen molar-refractivity contribution in [2.24, 2.45) is 7.05 Å². The van der Waals surface area contributed by atoms with Crippen LogP contribution < -0.4 is 5.32 Å². The Bertz CT molecular complexity index is 981. The lowest BCUT2D eigenvalue weighted by Crippen LogP contribution is -2.12. The minimum absolute atomic E-state index is 0.291. The molecule has 0 saturated carbocycles. The minimum atomic E-state index is -0.291. The highest BCUT2D eigenvalue weighted by Gasteiger charge is 2.13. The largest absolute Gasteiger partial charge is 0.463 e. The van der Waals surface area contributed by atoms with E-state index in [4.69, 9.17) is 4.42 Å². The van der Waals surface area contributed by atoms with Crippen LogP contribution in [0.15, 0.2) is 53.3 Å². The van der Waals surface area contributed by atoms with E-state index in [-0.39, 0.29) is 5.91 Å². The first-order chi connectivity index (χ1) is 11.2. The summed E-state index contributed by atoms with van der Waals surface area (Å²) in [7, 11) is 1.86. The van der Waals surface area contributed by atoms with Crippen LogP contribution in [0.1, 0.15) is 10.5 Å². The van der Waals surface area contributed by atoms with E-state index < -0.39 is 0 Å². The van der Waals surface area contributed by atoms with Gasteiger partial charge in [0.2, 0.25) is 0 Å². The van der Waals surface area contributed by atoms with Crippen molar-refractivity contribution in [1.29, 1.82) is 0 Å². The molecule has 1 amide bonds. The number of fused-ring (bicyclic) bond motifs is 1. The Labute approximate surface area is 130 Å². The van der Waals surface area contributed by atoms with Crippen molar-refractivity contribution in [2.45, 2.75) is 0 Å². The number of carbonyl (C=O) groups is 1. The number of furan rings is 1. The van der Waals surface area contributed by atoms with E-state index >= 15 is 0 Å². The molecule has 3 heterocycles. The van der Waals surface area contributed by atoms with Crippen LogP contribution in [-0.2, 0) is 7.05 Å². The van der Waals surface area contributed by atoms with Crippen molar-refractivity contribution in [2.75, 3.05) is 5.32 Å². The zero-order valence-electron chi connectivity index (χ0n) is 12.3. The number of hydrogen-bond acceptors (Lipinski definition) is 4. The summed E-state index contributed by atoms with van der Waals surface area (Å²) in [6, 6.07) is 10.8. The number of nitrogens with one attached hydrogen (secondary N) is 2. The van der Waals surface area contributed by atoms with Gasteiger partial charge in [0.1, 0.15) is 5.69 Å². The molecule has 0 aliphatic carbocycles. The van der Waals surface area contributed by atoms with E-state index in [2.05, 4.69) is 20.6 Å². The molecule has 4 aromatic rings. The van der Waals surface area contributed by atoms with Gasteiger partial charge in [0.25, 0.3) is 5.91 Å². The number of rotatable bonds is 3. The third-order valence-corrected chi connectivity index (χ3v) is 3.60. The number of H-pyrrole nitrogens is 1. The first kappa shape index (κ1) is 13.3. The molecule has 0 fully saturated rings. The van der Waals surface area contributed by atoms with E-state index in [9.17, 15) is 4.79 Å². The molecule has 7 heteroatoms. The Kier molecular flexibility index (Phi) is 2.97. The topological polar surface area (TPSA) is 88.7 Å². The van der Waals surface area contributed by atoms with Crippen molar-refractivity contribution >= 4 is 22.5 Å².